The van der Waals surface area contributed by atoms with E-state index in [1.54, 1.807) is 13.8 Å². The first-order valence-corrected chi connectivity index (χ1v) is 23.5. The van der Waals surface area contributed by atoms with Crippen LogP contribution in [0.3, 0.4) is 0 Å². The maximum atomic E-state index is 12.5. The van der Waals surface area contributed by atoms with Crippen molar-refractivity contribution in [2.75, 3.05) is 0 Å². The van der Waals surface area contributed by atoms with Crippen LogP contribution in [0.5, 0.6) is 5.75 Å². The summed E-state index contributed by atoms with van der Waals surface area (Å²) in [6.07, 6.45) is 1.89. The van der Waals surface area contributed by atoms with Gasteiger partial charge >= 0.3 is 0 Å². The van der Waals surface area contributed by atoms with Crippen LogP contribution in [0.25, 0.3) is 83.9 Å². The lowest BCUT2D eigenvalue weighted by atomic mass is 9.83. The molecule has 0 spiro atoms. The Labute approximate surface area is 400 Å². The van der Waals surface area contributed by atoms with Crippen LogP contribution in [0.4, 0.5) is 0 Å². The van der Waals surface area contributed by atoms with E-state index < -0.39 is 11.8 Å². The van der Waals surface area contributed by atoms with Crippen molar-refractivity contribution >= 4 is 11.0 Å². The first kappa shape index (κ1) is 42.6. The first-order chi connectivity index (χ1) is 32.6. The molecule has 0 unspecified atom stereocenters. The number of pyridine rings is 1. The summed E-state index contributed by atoms with van der Waals surface area (Å²) in [5.74, 6) is -1.70. The zero-order valence-corrected chi connectivity index (χ0v) is 40.9. The van der Waals surface area contributed by atoms with E-state index in [0.29, 0.717) is 22.5 Å². The van der Waals surface area contributed by atoms with Crippen molar-refractivity contribution in [2.24, 2.45) is 0 Å². The Balaban J connectivity index is 1.36. The zero-order valence-electron chi connectivity index (χ0n) is 42.9. The summed E-state index contributed by atoms with van der Waals surface area (Å²) in [6, 6.07) is 55.4. The van der Waals surface area contributed by atoms with Gasteiger partial charge in [0, 0.05) is 25.6 Å². The minimum atomic E-state index is -1.17. The average Bonchev–Trinajstić information content (AvgIpc) is 3.70. The Morgan fingerprint density at radius 1 is 0.522 bits per heavy atom. The van der Waals surface area contributed by atoms with E-state index in [4.69, 9.17) is 9.97 Å². The van der Waals surface area contributed by atoms with Crippen molar-refractivity contribution in [2.45, 2.75) is 98.8 Å². The standard InChI is InChI=1S/C63H63N3O/c1-39(2)46-35-52(40(3)4)60(67)55(36-46)61-65-59-51(47-32-48(34-50(33-47)63(9,10)11)56-37-45(29-30-64-56)42-19-14-12-15-20-42)23-18-24-57(59)66(61)58-31-41(5)53(38-54(58)43-21-16-13-17-22-43)44-25-27-49(28-26-44)62(6,7)8/h12-40,67H,1-11H3/i39D,40D. The van der Waals surface area contributed by atoms with Crippen molar-refractivity contribution in [3.63, 3.8) is 0 Å². The molecule has 7 aromatic carbocycles. The molecule has 0 aliphatic heterocycles. The molecule has 0 aliphatic rings. The maximum Gasteiger partial charge on any atom is 0.149 e. The molecule has 9 rings (SSSR count). The summed E-state index contributed by atoms with van der Waals surface area (Å²) in [4.78, 5) is 10.6. The highest BCUT2D eigenvalue weighted by molar-refractivity contribution is 5.98. The van der Waals surface area contributed by atoms with Crippen molar-refractivity contribution in [1.29, 1.82) is 0 Å². The van der Waals surface area contributed by atoms with Crippen LogP contribution in [0, 0.1) is 6.92 Å². The van der Waals surface area contributed by atoms with Crippen LogP contribution in [-0.2, 0) is 10.8 Å². The fourth-order valence-electron chi connectivity index (χ4n) is 9.18. The molecule has 4 heteroatoms. The van der Waals surface area contributed by atoms with Crippen molar-refractivity contribution in [3.8, 4) is 78.6 Å². The van der Waals surface area contributed by atoms with E-state index in [1.807, 2.05) is 44.3 Å². The van der Waals surface area contributed by atoms with Crippen LogP contribution in [0.15, 0.2) is 164 Å². The predicted molar refractivity (Wildman–Crippen MR) is 283 cm³/mol. The van der Waals surface area contributed by atoms with Gasteiger partial charge in [0.15, 0.2) is 0 Å². The molecule has 0 radical (unpaired) electrons. The number of para-hydroxylation sites is 1. The summed E-state index contributed by atoms with van der Waals surface area (Å²) in [5.41, 5.74) is 17.8. The van der Waals surface area contributed by atoms with Gasteiger partial charge in [-0.2, -0.15) is 0 Å². The van der Waals surface area contributed by atoms with Crippen molar-refractivity contribution < 1.29 is 7.85 Å². The van der Waals surface area contributed by atoms with E-state index in [1.165, 1.54) is 5.56 Å². The van der Waals surface area contributed by atoms with E-state index in [0.717, 1.165) is 83.6 Å². The summed E-state index contributed by atoms with van der Waals surface area (Å²) in [6.45, 7) is 22.8. The number of aromatic hydroxyl groups is 1. The molecule has 0 fully saturated rings. The number of rotatable bonds is 9. The molecule has 0 aliphatic carbocycles. The van der Waals surface area contributed by atoms with Crippen LogP contribution >= 0.6 is 0 Å². The van der Waals surface area contributed by atoms with Gasteiger partial charge in [0.1, 0.15) is 11.6 Å². The lowest BCUT2D eigenvalue weighted by molar-refractivity contribution is 0.466. The predicted octanol–water partition coefficient (Wildman–Crippen LogP) is 17.3. The largest absolute Gasteiger partial charge is 0.507 e. The molecular weight excluding hydrogens is 815 g/mol. The Morgan fingerprint density at radius 2 is 1.16 bits per heavy atom. The van der Waals surface area contributed by atoms with Gasteiger partial charge < -0.3 is 5.11 Å². The van der Waals surface area contributed by atoms with Crippen LogP contribution in [0.1, 0.15) is 112 Å². The number of aromatic nitrogens is 3. The third kappa shape index (κ3) is 8.86. The minimum Gasteiger partial charge on any atom is -0.507 e. The topological polar surface area (TPSA) is 50.9 Å². The smallest absolute Gasteiger partial charge is 0.149 e. The quantitative estimate of drug-likeness (QED) is 0.157. The fourth-order valence-corrected chi connectivity index (χ4v) is 9.18. The second kappa shape index (κ2) is 17.6. The Hall–Kier alpha value is -7.04. The van der Waals surface area contributed by atoms with Gasteiger partial charge in [-0.15, -0.1) is 0 Å². The van der Waals surface area contributed by atoms with Gasteiger partial charge in [0.05, 0.1) is 28.0 Å². The molecule has 0 bridgehead atoms. The molecule has 67 heavy (non-hydrogen) atoms. The highest BCUT2D eigenvalue weighted by Crippen LogP contribution is 2.45. The lowest BCUT2D eigenvalue weighted by Gasteiger charge is -2.22. The second-order valence-corrected chi connectivity index (χ2v) is 20.6. The van der Waals surface area contributed by atoms with Crippen LogP contribution in [-0.4, -0.2) is 19.6 Å². The zero-order chi connectivity index (χ0) is 49.2. The van der Waals surface area contributed by atoms with E-state index in [-0.39, 0.29) is 16.6 Å². The Kier molecular flexibility index (Phi) is 11.2. The normalized spacial score (nSPS) is 12.9. The second-order valence-electron chi connectivity index (χ2n) is 20.6. The fraction of sp³-hybridized carbons (Fsp3) is 0.238. The molecule has 0 saturated heterocycles. The van der Waals surface area contributed by atoms with Gasteiger partial charge in [-0.3, -0.25) is 9.55 Å². The average molecular weight is 880 g/mol. The van der Waals surface area contributed by atoms with Gasteiger partial charge in [0.25, 0.3) is 0 Å². The molecule has 0 saturated carbocycles. The molecule has 0 amide bonds. The number of hydrogen-bond acceptors (Lipinski definition) is 3. The number of benzene rings is 7. The summed E-state index contributed by atoms with van der Waals surface area (Å²) >= 11 is 0. The number of imidazole rings is 1. The highest BCUT2D eigenvalue weighted by atomic mass is 16.3. The van der Waals surface area contributed by atoms with Crippen molar-refractivity contribution in [3.05, 3.63) is 192 Å². The van der Waals surface area contributed by atoms with Gasteiger partial charge in [-0.1, -0.05) is 178 Å². The van der Waals surface area contributed by atoms with Gasteiger partial charge in [0.2, 0.25) is 0 Å². The molecule has 0 atom stereocenters. The lowest BCUT2D eigenvalue weighted by Crippen LogP contribution is -2.11. The molecule has 1 N–H and O–H groups in total. The van der Waals surface area contributed by atoms with Gasteiger partial charge in [-0.05, 0) is 139 Å². The summed E-state index contributed by atoms with van der Waals surface area (Å²) < 4.78 is 20.7. The first-order valence-electron chi connectivity index (χ1n) is 24.5. The number of phenolic OH excluding ortho intramolecular Hbond substituents is 1. The molecule has 2 heterocycles. The minimum absolute atomic E-state index is 0.0176. The van der Waals surface area contributed by atoms with Crippen molar-refractivity contribution in [1.82, 2.24) is 14.5 Å². The number of phenols is 1. The highest BCUT2D eigenvalue weighted by Gasteiger charge is 2.27. The molecule has 4 nitrogen and oxygen atoms in total. The molecule has 2 aromatic heterocycles. The van der Waals surface area contributed by atoms with E-state index >= 15 is 0 Å². The SMILES string of the molecule is [2H]C(C)(C)c1cc(-c2nc3c(-c4cc(-c5cc(-c6ccccc6)ccn5)cc(C(C)(C)C)c4)cccc3n2-c2cc(C)c(-c3ccc(C(C)(C)C)cc3)cc2-c2ccccc2)c(O)c(C([2H])(C)C)c1. The maximum absolute atomic E-state index is 12.5. The third-order valence-corrected chi connectivity index (χ3v) is 13.2. The molecule has 9 aromatic rings. The summed E-state index contributed by atoms with van der Waals surface area (Å²) in [7, 11) is 0. The number of aryl methyl sites for hydroxylation is 1. The number of hydrogen-bond donors (Lipinski definition) is 1. The van der Waals surface area contributed by atoms with Gasteiger partial charge in [-0.25, -0.2) is 4.98 Å². The molecule has 336 valence electrons. The Bertz CT molecular complexity index is 3360. The Morgan fingerprint density at radius 3 is 1.81 bits per heavy atom. The monoisotopic (exact) mass is 880 g/mol. The van der Waals surface area contributed by atoms with E-state index in [9.17, 15) is 7.85 Å². The van der Waals surface area contributed by atoms with Crippen LogP contribution < -0.4 is 0 Å². The number of nitrogens with zero attached hydrogens (tertiary/aromatic N) is 3. The van der Waals surface area contributed by atoms with E-state index in [2.05, 4.69) is 186 Å². The van der Waals surface area contributed by atoms with Crippen LogP contribution in [0.2, 0.25) is 0 Å². The summed E-state index contributed by atoms with van der Waals surface area (Å²) in [5, 5.41) is 12.5. The third-order valence-electron chi connectivity index (χ3n) is 13.2. The number of fused-ring (bicyclic) bond motifs is 1. The molecular formula is C63H63N3O.